The van der Waals surface area contributed by atoms with Gasteiger partial charge in [0, 0.05) is 22.3 Å². The Bertz CT molecular complexity index is 1250. The minimum atomic E-state index is -0.308. The third kappa shape index (κ3) is 3.13. The minimum absolute atomic E-state index is 0.155. The van der Waals surface area contributed by atoms with Crippen LogP contribution in [-0.2, 0) is 0 Å². The number of halogens is 1. The Hall–Kier alpha value is -3.31. The lowest BCUT2D eigenvalue weighted by molar-refractivity contribution is 0.102. The number of nitrogens with one attached hydrogen (secondary N) is 1. The first-order chi connectivity index (χ1) is 13.1. The molecule has 4 rings (SSSR count). The molecule has 1 heterocycles. The van der Waals surface area contributed by atoms with Crippen molar-refractivity contribution < 1.29 is 13.9 Å². The Kier molecular flexibility index (Phi) is 4.30. The number of carbonyl (C=O) groups is 1. The van der Waals surface area contributed by atoms with E-state index >= 15 is 0 Å². The van der Waals surface area contributed by atoms with Crippen molar-refractivity contribution >= 4 is 45.1 Å². The Morgan fingerprint density at radius 2 is 1.85 bits per heavy atom. The topological polar surface area (TPSA) is 68.5 Å². The van der Waals surface area contributed by atoms with Crippen LogP contribution in [0.15, 0.2) is 69.9 Å². The van der Waals surface area contributed by atoms with E-state index in [1.807, 2.05) is 0 Å². The van der Waals surface area contributed by atoms with Gasteiger partial charge in [-0.1, -0.05) is 23.7 Å². The second-order valence-electron chi connectivity index (χ2n) is 5.94. The van der Waals surface area contributed by atoms with Crippen LogP contribution < -0.4 is 15.5 Å². The highest BCUT2D eigenvalue weighted by molar-refractivity contribution is 6.31. The average Bonchev–Trinajstić information content (AvgIpc) is 2.67. The van der Waals surface area contributed by atoms with Crippen LogP contribution in [0.1, 0.15) is 10.4 Å². The van der Waals surface area contributed by atoms with Gasteiger partial charge in [-0.25, -0.2) is 0 Å². The molecule has 0 aliphatic carbocycles. The summed E-state index contributed by atoms with van der Waals surface area (Å²) in [5.41, 5.74) is 1.52. The van der Waals surface area contributed by atoms with Gasteiger partial charge in [0.15, 0.2) is 11.3 Å². The number of ether oxygens (including phenoxy) is 1. The summed E-state index contributed by atoms with van der Waals surface area (Å²) in [6, 6.07) is 16.7. The number of anilines is 1. The molecule has 0 atom stereocenters. The number of carbonyl (C=O) groups excluding carboxylic acids is 1. The summed E-state index contributed by atoms with van der Waals surface area (Å²) in [6.45, 7) is 0. The highest BCUT2D eigenvalue weighted by Gasteiger charge is 2.13. The van der Waals surface area contributed by atoms with Crippen LogP contribution in [0, 0.1) is 0 Å². The summed E-state index contributed by atoms with van der Waals surface area (Å²) < 4.78 is 11.2. The van der Waals surface area contributed by atoms with Crippen molar-refractivity contribution in [3.63, 3.8) is 0 Å². The molecular weight excluding hydrogens is 366 g/mol. The van der Waals surface area contributed by atoms with Crippen LogP contribution in [0.2, 0.25) is 5.02 Å². The summed E-state index contributed by atoms with van der Waals surface area (Å²) in [4.78, 5) is 25.1. The molecule has 1 aromatic heterocycles. The maximum absolute atomic E-state index is 12.7. The van der Waals surface area contributed by atoms with Crippen molar-refractivity contribution in [1.82, 2.24) is 0 Å². The Morgan fingerprint density at radius 1 is 1.04 bits per heavy atom. The standard InChI is InChI=1S/C21H14ClNO4/c1-26-17-7-3-6-16-19(24)15-9-8-14(11-18(15)27-20(16)17)23-21(25)12-4-2-5-13(22)10-12/h2-11H,1H3,(H,23,25). The number of para-hydroxylation sites is 1. The van der Waals surface area contributed by atoms with Gasteiger partial charge in [0.2, 0.25) is 5.43 Å². The lowest BCUT2D eigenvalue weighted by atomic mass is 10.1. The molecular formula is C21H14ClNO4. The lowest BCUT2D eigenvalue weighted by Crippen LogP contribution is -2.12. The fourth-order valence-electron chi connectivity index (χ4n) is 2.92. The molecule has 0 fully saturated rings. The zero-order valence-electron chi connectivity index (χ0n) is 14.3. The molecule has 0 radical (unpaired) electrons. The van der Waals surface area contributed by atoms with Gasteiger partial charge >= 0.3 is 0 Å². The SMILES string of the molecule is COc1cccc2c(=O)c3ccc(NC(=O)c4cccc(Cl)c4)cc3oc12. The fraction of sp³-hybridized carbons (Fsp3) is 0.0476. The van der Waals surface area contributed by atoms with Crippen LogP contribution in [-0.4, -0.2) is 13.0 Å². The van der Waals surface area contributed by atoms with Crippen molar-refractivity contribution in [2.75, 3.05) is 12.4 Å². The van der Waals surface area contributed by atoms with Crippen LogP contribution in [0.5, 0.6) is 5.75 Å². The molecule has 0 saturated carbocycles. The number of fused-ring (bicyclic) bond motifs is 2. The van der Waals surface area contributed by atoms with E-state index < -0.39 is 0 Å². The maximum Gasteiger partial charge on any atom is 0.255 e. The highest BCUT2D eigenvalue weighted by Crippen LogP contribution is 2.28. The average molecular weight is 380 g/mol. The quantitative estimate of drug-likeness (QED) is 0.516. The van der Waals surface area contributed by atoms with E-state index in [0.717, 1.165) is 0 Å². The smallest absolute Gasteiger partial charge is 0.255 e. The van der Waals surface area contributed by atoms with E-state index in [2.05, 4.69) is 5.32 Å². The number of hydrogen-bond acceptors (Lipinski definition) is 4. The van der Waals surface area contributed by atoms with Crippen LogP contribution >= 0.6 is 11.6 Å². The highest BCUT2D eigenvalue weighted by atomic mass is 35.5. The first-order valence-corrected chi connectivity index (χ1v) is 8.55. The molecule has 27 heavy (non-hydrogen) atoms. The van der Waals surface area contributed by atoms with E-state index in [9.17, 15) is 9.59 Å². The summed E-state index contributed by atoms with van der Waals surface area (Å²) in [5.74, 6) is 0.164. The first-order valence-electron chi connectivity index (χ1n) is 8.17. The van der Waals surface area contributed by atoms with E-state index in [4.69, 9.17) is 20.8 Å². The molecule has 0 aliphatic heterocycles. The van der Waals surface area contributed by atoms with Crippen molar-refractivity contribution in [3.8, 4) is 5.75 Å². The monoisotopic (exact) mass is 379 g/mol. The number of rotatable bonds is 3. The van der Waals surface area contributed by atoms with Crippen LogP contribution in [0.4, 0.5) is 5.69 Å². The molecule has 1 amide bonds. The molecule has 6 heteroatoms. The van der Waals surface area contributed by atoms with Gasteiger partial charge < -0.3 is 14.5 Å². The second-order valence-corrected chi connectivity index (χ2v) is 6.38. The molecule has 1 N–H and O–H groups in total. The van der Waals surface area contributed by atoms with E-state index in [1.54, 1.807) is 60.7 Å². The van der Waals surface area contributed by atoms with Gasteiger partial charge in [0.25, 0.3) is 5.91 Å². The molecule has 0 bridgehead atoms. The summed E-state index contributed by atoms with van der Waals surface area (Å²) in [7, 11) is 1.51. The van der Waals surface area contributed by atoms with Crippen LogP contribution in [0.25, 0.3) is 21.9 Å². The normalized spacial score (nSPS) is 10.9. The van der Waals surface area contributed by atoms with Gasteiger partial charge in [0.05, 0.1) is 17.9 Å². The third-order valence-corrected chi connectivity index (χ3v) is 4.46. The van der Waals surface area contributed by atoms with Gasteiger partial charge in [-0.3, -0.25) is 9.59 Å². The second kappa shape index (κ2) is 6.78. The minimum Gasteiger partial charge on any atom is -0.493 e. The summed E-state index contributed by atoms with van der Waals surface area (Å²) >= 11 is 5.93. The first kappa shape index (κ1) is 17.1. The Labute approximate surface area is 159 Å². The molecule has 4 aromatic rings. The van der Waals surface area contributed by atoms with Crippen molar-refractivity contribution in [1.29, 1.82) is 0 Å². The zero-order valence-corrected chi connectivity index (χ0v) is 15.0. The van der Waals surface area contributed by atoms with Gasteiger partial charge in [-0.2, -0.15) is 0 Å². The number of methoxy groups -OCH3 is 1. The summed E-state index contributed by atoms with van der Waals surface area (Å²) in [6.07, 6.45) is 0. The molecule has 3 aromatic carbocycles. The molecule has 134 valence electrons. The largest absolute Gasteiger partial charge is 0.493 e. The fourth-order valence-corrected chi connectivity index (χ4v) is 3.11. The Morgan fingerprint density at radius 3 is 2.63 bits per heavy atom. The third-order valence-electron chi connectivity index (χ3n) is 4.23. The number of amides is 1. The van der Waals surface area contributed by atoms with Crippen molar-refractivity contribution in [2.24, 2.45) is 0 Å². The number of benzene rings is 3. The zero-order chi connectivity index (χ0) is 19.0. The van der Waals surface area contributed by atoms with E-state index in [0.29, 0.717) is 44.0 Å². The van der Waals surface area contributed by atoms with Gasteiger partial charge in [-0.05, 0) is 42.5 Å². The van der Waals surface area contributed by atoms with Crippen LogP contribution in [0.3, 0.4) is 0 Å². The molecule has 5 nitrogen and oxygen atoms in total. The van der Waals surface area contributed by atoms with E-state index in [-0.39, 0.29) is 11.3 Å². The molecule has 0 spiro atoms. The molecule has 0 saturated heterocycles. The van der Waals surface area contributed by atoms with E-state index in [1.165, 1.54) is 7.11 Å². The van der Waals surface area contributed by atoms with Crippen molar-refractivity contribution in [2.45, 2.75) is 0 Å². The molecule has 0 aliphatic rings. The van der Waals surface area contributed by atoms with Gasteiger partial charge in [-0.15, -0.1) is 0 Å². The van der Waals surface area contributed by atoms with Gasteiger partial charge in [0.1, 0.15) is 5.58 Å². The van der Waals surface area contributed by atoms with Crippen molar-refractivity contribution in [3.05, 3.63) is 81.5 Å². The maximum atomic E-state index is 12.7. The Balaban J connectivity index is 1.79. The molecule has 0 unspecified atom stereocenters. The summed E-state index contributed by atoms with van der Waals surface area (Å²) in [5, 5.41) is 4.13. The lowest BCUT2D eigenvalue weighted by Gasteiger charge is -2.08. The predicted octanol–water partition coefficient (Wildman–Crippen LogP) is 4.86. The predicted molar refractivity (Wildman–Crippen MR) is 106 cm³/mol. The number of hydrogen-bond donors (Lipinski definition) is 1.